The largest absolute Gasteiger partial charge is 0.391 e. The van der Waals surface area contributed by atoms with Crippen molar-refractivity contribution in [3.8, 4) is 6.07 Å². The number of hydrogen-bond acceptors (Lipinski definition) is 3. The van der Waals surface area contributed by atoms with Gasteiger partial charge in [0.1, 0.15) is 6.61 Å². The van der Waals surface area contributed by atoms with Crippen LogP contribution in [-0.4, -0.2) is 6.72 Å². The maximum atomic E-state index is 8.65. The molecule has 0 amide bonds. The summed E-state index contributed by atoms with van der Waals surface area (Å²) >= 11 is 0. The van der Waals surface area contributed by atoms with Crippen molar-refractivity contribution in [3.63, 3.8) is 0 Å². The van der Waals surface area contributed by atoms with E-state index in [2.05, 4.69) is 9.99 Å². The Balaban J connectivity index is 2.83. The Morgan fingerprint density at radius 3 is 2.92 bits per heavy atom. The predicted octanol–water partition coefficient (Wildman–Crippen LogP) is 1.57. The van der Waals surface area contributed by atoms with E-state index in [-0.39, 0.29) is 6.61 Å². The van der Waals surface area contributed by atoms with E-state index in [1.54, 1.807) is 18.2 Å². The van der Waals surface area contributed by atoms with Crippen molar-refractivity contribution < 1.29 is 4.84 Å². The van der Waals surface area contributed by atoms with E-state index in [1.807, 2.05) is 12.1 Å². The monoisotopic (exact) mass is 159 g/mol. The number of benzene rings is 1. The lowest BCUT2D eigenvalue weighted by molar-refractivity contribution is 0.133. The van der Waals surface area contributed by atoms with Crippen molar-refractivity contribution >= 4 is 6.72 Å². The predicted molar refractivity (Wildman–Crippen MR) is 44.4 cm³/mol. The summed E-state index contributed by atoms with van der Waals surface area (Å²) in [5.41, 5.74) is 1.37. The van der Waals surface area contributed by atoms with Crippen molar-refractivity contribution in [3.05, 3.63) is 35.4 Å². The van der Waals surface area contributed by atoms with Crippen LogP contribution >= 0.6 is 0 Å². The van der Waals surface area contributed by atoms with Crippen LogP contribution in [0.2, 0.25) is 0 Å². The third-order valence-electron chi connectivity index (χ3n) is 1.43. The van der Waals surface area contributed by atoms with Crippen molar-refractivity contribution in [2.75, 3.05) is 0 Å². The van der Waals surface area contributed by atoms with Gasteiger partial charge in [0, 0.05) is 5.56 Å². The summed E-state index contributed by atoms with van der Waals surface area (Å²) < 4.78 is 0. The molecule has 3 nitrogen and oxygen atoms in total. The maximum Gasteiger partial charge on any atom is 0.143 e. The van der Waals surface area contributed by atoms with Crippen LogP contribution in [0.5, 0.6) is 0 Å². The summed E-state index contributed by atoms with van der Waals surface area (Å²) in [6, 6.07) is 9.18. The van der Waals surface area contributed by atoms with E-state index in [1.165, 1.54) is 0 Å². The number of nitriles is 1. The summed E-state index contributed by atoms with van der Waals surface area (Å²) in [6.07, 6.45) is 0. The molecule has 0 fully saturated rings. The molecule has 0 N–H and O–H groups in total. The van der Waals surface area contributed by atoms with Gasteiger partial charge in [0.2, 0.25) is 0 Å². The first-order valence-corrected chi connectivity index (χ1v) is 3.38. The molecule has 1 rings (SSSR count). The van der Waals surface area contributed by atoms with E-state index < -0.39 is 0 Å². The SMILES string of the molecule is [CH]=NOCc1ccccc1C#N. The van der Waals surface area contributed by atoms with Gasteiger partial charge in [-0.15, -0.1) is 0 Å². The Labute approximate surface area is 70.9 Å². The van der Waals surface area contributed by atoms with Gasteiger partial charge >= 0.3 is 0 Å². The Morgan fingerprint density at radius 2 is 2.25 bits per heavy atom. The molecule has 0 bridgehead atoms. The van der Waals surface area contributed by atoms with Crippen LogP contribution in [0.3, 0.4) is 0 Å². The van der Waals surface area contributed by atoms with Crippen molar-refractivity contribution in [2.45, 2.75) is 6.61 Å². The zero-order valence-corrected chi connectivity index (χ0v) is 6.40. The maximum absolute atomic E-state index is 8.65. The molecule has 0 aromatic heterocycles. The van der Waals surface area contributed by atoms with Crippen molar-refractivity contribution in [2.24, 2.45) is 5.16 Å². The molecule has 0 aliphatic heterocycles. The second-order valence-corrected chi connectivity index (χ2v) is 2.15. The molecule has 0 aliphatic rings. The lowest BCUT2D eigenvalue weighted by Crippen LogP contribution is -1.90. The molecule has 1 radical (unpaired) electrons. The minimum Gasteiger partial charge on any atom is -0.391 e. The van der Waals surface area contributed by atoms with E-state index >= 15 is 0 Å². The van der Waals surface area contributed by atoms with Gasteiger partial charge in [-0.3, -0.25) is 0 Å². The first kappa shape index (κ1) is 8.28. The minimum absolute atomic E-state index is 0.236. The highest BCUT2D eigenvalue weighted by atomic mass is 16.6. The Hall–Kier alpha value is -1.82. The Morgan fingerprint density at radius 1 is 1.50 bits per heavy atom. The van der Waals surface area contributed by atoms with Crippen LogP contribution in [0.1, 0.15) is 11.1 Å². The second kappa shape index (κ2) is 4.14. The zero-order valence-electron chi connectivity index (χ0n) is 6.40. The van der Waals surface area contributed by atoms with Crippen LogP contribution in [0, 0.1) is 11.3 Å². The van der Waals surface area contributed by atoms with E-state index in [0.29, 0.717) is 5.56 Å². The van der Waals surface area contributed by atoms with Crippen LogP contribution in [0.4, 0.5) is 0 Å². The molecule has 0 saturated heterocycles. The van der Waals surface area contributed by atoms with Crippen LogP contribution < -0.4 is 0 Å². The van der Waals surface area contributed by atoms with Crippen molar-refractivity contribution in [1.29, 1.82) is 5.26 Å². The van der Waals surface area contributed by atoms with Gasteiger partial charge < -0.3 is 4.84 Å². The van der Waals surface area contributed by atoms with E-state index in [0.717, 1.165) is 5.56 Å². The summed E-state index contributed by atoms with van der Waals surface area (Å²) in [6.45, 7) is 5.02. The highest BCUT2D eigenvalue weighted by Gasteiger charge is 1.99. The average Bonchev–Trinajstić information content (AvgIpc) is 2.15. The summed E-state index contributed by atoms with van der Waals surface area (Å²) in [7, 11) is 0. The van der Waals surface area contributed by atoms with Crippen molar-refractivity contribution in [1.82, 2.24) is 0 Å². The average molecular weight is 159 g/mol. The van der Waals surface area contributed by atoms with Gasteiger partial charge in [0.15, 0.2) is 0 Å². The third-order valence-corrected chi connectivity index (χ3v) is 1.43. The van der Waals surface area contributed by atoms with E-state index in [9.17, 15) is 0 Å². The van der Waals surface area contributed by atoms with Gasteiger partial charge in [-0.05, 0) is 6.07 Å². The van der Waals surface area contributed by atoms with Gasteiger partial charge in [0.05, 0.1) is 18.4 Å². The summed E-state index contributed by atoms with van der Waals surface area (Å²) in [4.78, 5) is 4.61. The highest BCUT2D eigenvalue weighted by Crippen LogP contribution is 2.08. The normalized spacial score (nSPS) is 8.58. The van der Waals surface area contributed by atoms with E-state index in [4.69, 9.17) is 12.0 Å². The molecule has 59 valence electrons. The Kier molecular flexibility index (Phi) is 2.86. The molecule has 0 atom stereocenters. The second-order valence-electron chi connectivity index (χ2n) is 2.15. The number of rotatable bonds is 3. The molecule has 0 unspecified atom stereocenters. The number of nitrogens with zero attached hydrogens (tertiary/aromatic N) is 2. The smallest absolute Gasteiger partial charge is 0.143 e. The summed E-state index contributed by atoms with van der Waals surface area (Å²) in [5, 5.41) is 11.6. The molecule has 0 aliphatic carbocycles. The number of hydrogen-bond donors (Lipinski definition) is 0. The molecular formula is C9H7N2O. The standard InChI is InChI=1S/C9H7N2O/c1-11-12-7-9-5-3-2-4-8(9)6-10/h1-5H,7H2. The Bertz CT molecular complexity index is 315. The third kappa shape index (κ3) is 1.83. The fraction of sp³-hybridized carbons (Fsp3) is 0.111. The molecule has 0 heterocycles. The highest BCUT2D eigenvalue weighted by molar-refractivity contribution is 5.36. The first-order chi connectivity index (χ1) is 5.88. The van der Waals surface area contributed by atoms with Crippen LogP contribution in [0.25, 0.3) is 0 Å². The molecule has 1 aromatic rings. The quantitative estimate of drug-likeness (QED) is 0.496. The lowest BCUT2D eigenvalue weighted by atomic mass is 10.1. The lowest BCUT2D eigenvalue weighted by Gasteiger charge is -2.00. The van der Waals surface area contributed by atoms with Gasteiger partial charge in [0.25, 0.3) is 0 Å². The topological polar surface area (TPSA) is 45.4 Å². The molecule has 0 saturated carbocycles. The molecule has 3 heteroatoms. The van der Waals surface area contributed by atoms with Gasteiger partial charge in [-0.2, -0.15) is 5.26 Å². The first-order valence-electron chi connectivity index (χ1n) is 3.38. The summed E-state index contributed by atoms with van der Waals surface area (Å²) in [5.74, 6) is 0. The van der Waals surface area contributed by atoms with Crippen LogP contribution in [0.15, 0.2) is 29.4 Å². The van der Waals surface area contributed by atoms with Gasteiger partial charge in [-0.25, -0.2) is 0 Å². The minimum atomic E-state index is 0.236. The molecule has 0 spiro atoms. The van der Waals surface area contributed by atoms with Crippen LogP contribution in [-0.2, 0) is 11.4 Å². The molecule has 1 aromatic carbocycles. The fourth-order valence-electron chi connectivity index (χ4n) is 0.862. The molecule has 12 heavy (non-hydrogen) atoms. The fourth-order valence-corrected chi connectivity index (χ4v) is 0.862. The molecular weight excluding hydrogens is 152 g/mol. The zero-order chi connectivity index (χ0) is 8.81. The van der Waals surface area contributed by atoms with Gasteiger partial charge in [-0.1, -0.05) is 23.4 Å².